The number of carbonyl (C=O) groups is 1. The van der Waals surface area contributed by atoms with E-state index in [1.165, 1.54) is 12.8 Å². The molecule has 0 radical (unpaired) electrons. The normalized spacial score (nSPS) is 18.9. The second kappa shape index (κ2) is 5.88. The van der Waals surface area contributed by atoms with Gasteiger partial charge < -0.3 is 4.90 Å². The van der Waals surface area contributed by atoms with Crippen molar-refractivity contribution in [3.05, 3.63) is 33.8 Å². The van der Waals surface area contributed by atoms with E-state index < -0.39 is 0 Å². The van der Waals surface area contributed by atoms with Crippen molar-refractivity contribution in [3.63, 3.8) is 0 Å². The third-order valence-electron chi connectivity index (χ3n) is 4.67. The summed E-state index contributed by atoms with van der Waals surface area (Å²) in [5.74, 6) is 0.147. The number of nitrogens with zero attached hydrogens (tertiary/aromatic N) is 1. The monoisotopic (exact) mass is 337 g/mol. The van der Waals surface area contributed by atoms with Crippen LogP contribution in [0.2, 0.25) is 0 Å². The maximum Gasteiger partial charge on any atom is 0.254 e. The minimum Gasteiger partial charge on any atom is -0.339 e. The smallest absolute Gasteiger partial charge is 0.254 e. The van der Waals surface area contributed by atoms with E-state index in [1.54, 1.807) is 0 Å². The molecule has 2 rings (SSSR count). The molecule has 1 aliphatic rings. The molecule has 0 spiro atoms. The molecule has 0 saturated heterocycles. The third kappa shape index (κ3) is 3.25. The summed E-state index contributed by atoms with van der Waals surface area (Å²) < 4.78 is 1.00. The van der Waals surface area contributed by atoms with E-state index in [-0.39, 0.29) is 5.91 Å². The van der Waals surface area contributed by atoms with Crippen LogP contribution in [-0.2, 0) is 0 Å². The average Bonchev–Trinajstić information content (AvgIpc) is 2.40. The molecule has 0 unspecified atom stereocenters. The molecule has 0 N–H and O–H groups in total. The van der Waals surface area contributed by atoms with Gasteiger partial charge in [0.25, 0.3) is 5.91 Å². The van der Waals surface area contributed by atoms with Crippen molar-refractivity contribution in [1.29, 1.82) is 0 Å². The average molecular weight is 338 g/mol. The maximum absolute atomic E-state index is 12.7. The van der Waals surface area contributed by atoms with Crippen LogP contribution in [0.5, 0.6) is 0 Å². The van der Waals surface area contributed by atoms with E-state index in [0.29, 0.717) is 11.5 Å². The van der Waals surface area contributed by atoms with Crippen molar-refractivity contribution >= 4 is 21.8 Å². The summed E-state index contributed by atoms with van der Waals surface area (Å²) in [7, 11) is 1.95. The Bertz CT molecular complexity index is 500. The molecule has 1 aliphatic carbocycles. The highest BCUT2D eigenvalue weighted by Crippen LogP contribution is 2.37. The Morgan fingerprint density at radius 3 is 2.50 bits per heavy atom. The second-order valence-electron chi connectivity index (χ2n) is 6.72. The van der Waals surface area contributed by atoms with E-state index in [9.17, 15) is 4.79 Å². The number of hydrogen-bond acceptors (Lipinski definition) is 1. The third-order valence-corrected chi connectivity index (χ3v) is 5.53. The van der Waals surface area contributed by atoms with E-state index in [4.69, 9.17) is 0 Å². The van der Waals surface area contributed by atoms with Gasteiger partial charge >= 0.3 is 0 Å². The molecule has 0 atom stereocenters. The molecule has 110 valence electrons. The lowest BCUT2D eigenvalue weighted by atomic mass is 9.75. The van der Waals surface area contributed by atoms with Crippen molar-refractivity contribution in [3.8, 4) is 0 Å². The largest absolute Gasteiger partial charge is 0.339 e. The van der Waals surface area contributed by atoms with Crippen molar-refractivity contribution in [2.45, 2.75) is 52.5 Å². The first-order valence-electron chi connectivity index (χ1n) is 7.34. The van der Waals surface area contributed by atoms with Crippen molar-refractivity contribution < 1.29 is 4.79 Å². The van der Waals surface area contributed by atoms with Gasteiger partial charge in [-0.3, -0.25) is 4.79 Å². The Labute approximate surface area is 130 Å². The zero-order valence-corrected chi connectivity index (χ0v) is 14.5. The number of amides is 1. The van der Waals surface area contributed by atoms with Crippen LogP contribution >= 0.6 is 15.9 Å². The molecule has 1 aromatic carbocycles. The Morgan fingerprint density at radius 1 is 1.30 bits per heavy atom. The van der Waals surface area contributed by atoms with E-state index in [0.717, 1.165) is 28.4 Å². The predicted octanol–water partition coefficient (Wildman–Crippen LogP) is 4.80. The Balaban J connectivity index is 2.11. The van der Waals surface area contributed by atoms with Gasteiger partial charge in [0.1, 0.15) is 0 Å². The second-order valence-corrected chi connectivity index (χ2v) is 7.58. The fraction of sp³-hybridized carbons (Fsp3) is 0.588. The van der Waals surface area contributed by atoms with Crippen LogP contribution in [0.15, 0.2) is 22.7 Å². The fourth-order valence-corrected chi connectivity index (χ4v) is 3.33. The molecule has 2 nitrogen and oxygen atoms in total. The van der Waals surface area contributed by atoms with Gasteiger partial charge in [-0.2, -0.15) is 0 Å². The molecule has 3 heteroatoms. The van der Waals surface area contributed by atoms with Crippen LogP contribution < -0.4 is 0 Å². The minimum absolute atomic E-state index is 0.147. The van der Waals surface area contributed by atoms with Gasteiger partial charge in [-0.05, 0) is 55.7 Å². The molecule has 0 heterocycles. The number of benzene rings is 1. The van der Waals surface area contributed by atoms with Crippen LogP contribution in [0.1, 0.15) is 55.5 Å². The Kier molecular flexibility index (Phi) is 4.58. The Morgan fingerprint density at radius 2 is 1.90 bits per heavy atom. The van der Waals surface area contributed by atoms with Crippen LogP contribution in [0.3, 0.4) is 0 Å². The molecule has 0 bridgehead atoms. The molecule has 1 amide bonds. The summed E-state index contributed by atoms with van der Waals surface area (Å²) >= 11 is 3.50. The van der Waals surface area contributed by atoms with Crippen LogP contribution in [-0.4, -0.2) is 23.9 Å². The van der Waals surface area contributed by atoms with E-state index in [1.807, 2.05) is 37.1 Å². The molecule has 0 aromatic heterocycles. The summed E-state index contributed by atoms with van der Waals surface area (Å²) in [6.07, 6.45) is 4.63. The highest BCUT2D eigenvalue weighted by Gasteiger charge is 2.31. The standard InChI is InChI=1S/C17H24BrNO/c1-12-14(6-5-7-15(12)18)16(20)19(4)13-8-10-17(2,3)11-9-13/h5-7,13H,8-11H2,1-4H3. The highest BCUT2D eigenvalue weighted by atomic mass is 79.9. The van der Waals surface area contributed by atoms with Crippen molar-refractivity contribution in [1.82, 2.24) is 4.90 Å². The highest BCUT2D eigenvalue weighted by molar-refractivity contribution is 9.10. The summed E-state index contributed by atoms with van der Waals surface area (Å²) in [6.45, 7) is 6.64. The molecule has 1 aromatic rings. The SMILES string of the molecule is Cc1c(Br)cccc1C(=O)N(C)C1CCC(C)(C)CC1. The lowest BCUT2D eigenvalue weighted by Crippen LogP contribution is -2.41. The van der Waals surface area contributed by atoms with Gasteiger partial charge in [-0.25, -0.2) is 0 Å². The first kappa shape index (κ1) is 15.6. The molecule has 20 heavy (non-hydrogen) atoms. The molecular formula is C17H24BrNO. The molecule has 1 saturated carbocycles. The van der Waals surface area contributed by atoms with Crippen molar-refractivity contribution in [2.75, 3.05) is 7.05 Å². The summed E-state index contributed by atoms with van der Waals surface area (Å²) in [4.78, 5) is 14.6. The van der Waals surface area contributed by atoms with Crippen LogP contribution in [0.4, 0.5) is 0 Å². The zero-order chi connectivity index (χ0) is 14.9. The predicted molar refractivity (Wildman–Crippen MR) is 87.0 cm³/mol. The van der Waals surface area contributed by atoms with Gasteiger partial charge in [0.2, 0.25) is 0 Å². The maximum atomic E-state index is 12.7. The van der Waals surface area contributed by atoms with E-state index in [2.05, 4.69) is 29.8 Å². The minimum atomic E-state index is 0.147. The molecule has 0 aliphatic heterocycles. The van der Waals surface area contributed by atoms with Gasteiger partial charge in [-0.15, -0.1) is 0 Å². The number of halogens is 1. The topological polar surface area (TPSA) is 20.3 Å². The quantitative estimate of drug-likeness (QED) is 0.759. The number of hydrogen-bond donors (Lipinski definition) is 0. The Hall–Kier alpha value is -0.830. The molecular weight excluding hydrogens is 314 g/mol. The summed E-state index contributed by atoms with van der Waals surface area (Å²) in [6, 6.07) is 6.22. The number of rotatable bonds is 2. The first-order valence-corrected chi connectivity index (χ1v) is 8.13. The van der Waals surface area contributed by atoms with Gasteiger partial charge in [0, 0.05) is 23.1 Å². The van der Waals surface area contributed by atoms with Gasteiger partial charge in [-0.1, -0.05) is 35.8 Å². The van der Waals surface area contributed by atoms with Gasteiger partial charge in [0.05, 0.1) is 0 Å². The lowest BCUT2D eigenvalue weighted by molar-refractivity contribution is 0.0634. The number of carbonyl (C=O) groups excluding carboxylic acids is 1. The van der Waals surface area contributed by atoms with Crippen LogP contribution in [0, 0.1) is 12.3 Å². The summed E-state index contributed by atoms with van der Waals surface area (Å²) in [5, 5.41) is 0. The first-order chi connectivity index (χ1) is 9.32. The van der Waals surface area contributed by atoms with Gasteiger partial charge in [0.15, 0.2) is 0 Å². The fourth-order valence-electron chi connectivity index (χ4n) is 2.97. The van der Waals surface area contributed by atoms with E-state index >= 15 is 0 Å². The lowest BCUT2D eigenvalue weighted by Gasteiger charge is -2.38. The zero-order valence-electron chi connectivity index (χ0n) is 12.9. The molecule has 1 fully saturated rings. The van der Waals surface area contributed by atoms with Crippen LogP contribution in [0.25, 0.3) is 0 Å². The van der Waals surface area contributed by atoms with Crippen molar-refractivity contribution in [2.24, 2.45) is 5.41 Å². The summed E-state index contributed by atoms with van der Waals surface area (Å²) in [5.41, 5.74) is 2.28.